The van der Waals surface area contributed by atoms with Gasteiger partial charge in [-0.1, -0.05) is 30.3 Å². The highest BCUT2D eigenvalue weighted by molar-refractivity contribution is 6.18. The van der Waals surface area contributed by atoms with Crippen molar-refractivity contribution < 1.29 is 9.53 Å². The molecule has 4 nitrogen and oxygen atoms in total. The van der Waals surface area contributed by atoms with Gasteiger partial charge < -0.3 is 15.4 Å². The third-order valence-electron chi connectivity index (χ3n) is 2.41. The van der Waals surface area contributed by atoms with Crippen molar-refractivity contribution in [1.29, 1.82) is 0 Å². The summed E-state index contributed by atoms with van der Waals surface area (Å²) in [5.41, 5.74) is 0.690. The van der Waals surface area contributed by atoms with Crippen LogP contribution < -0.4 is 10.6 Å². The molecule has 0 saturated carbocycles. The van der Waals surface area contributed by atoms with Crippen molar-refractivity contribution in [2.75, 3.05) is 19.0 Å². The Morgan fingerprint density at radius 1 is 1.32 bits per heavy atom. The lowest BCUT2D eigenvalue weighted by Crippen LogP contribution is -2.51. The molecule has 1 rings (SSSR count). The van der Waals surface area contributed by atoms with Crippen molar-refractivity contribution in [3.63, 3.8) is 0 Å². The molecular formula is C14H21ClN2O2. The number of hydrogen-bond donors (Lipinski definition) is 2. The molecule has 0 radical (unpaired) electrons. The van der Waals surface area contributed by atoms with E-state index in [9.17, 15) is 4.79 Å². The van der Waals surface area contributed by atoms with Gasteiger partial charge in [0.15, 0.2) is 0 Å². The Morgan fingerprint density at radius 3 is 2.63 bits per heavy atom. The summed E-state index contributed by atoms with van der Waals surface area (Å²) in [6.07, 6.45) is 0. The maximum absolute atomic E-state index is 11.5. The summed E-state index contributed by atoms with van der Waals surface area (Å²) < 4.78 is 5.62. The van der Waals surface area contributed by atoms with E-state index >= 15 is 0 Å². The van der Waals surface area contributed by atoms with E-state index in [4.69, 9.17) is 16.3 Å². The largest absolute Gasteiger partial charge is 0.374 e. The van der Waals surface area contributed by atoms with Gasteiger partial charge in [-0.3, -0.25) is 0 Å². The molecule has 0 spiro atoms. The molecule has 0 aromatic heterocycles. The lowest BCUT2D eigenvalue weighted by atomic mass is 10.1. The fourth-order valence-corrected chi connectivity index (χ4v) is 1.64. The maximum Gasteiger partial charge on any atom is 0.315 e. The molecule has 0 atom stereocenters. The third kappa shape index (κ3) is 7.03. The minimum atomic E-state index is -0.425. The minimum Gasteiger partial charge on any atom is -0.374 e. The van der Waals surface area contributed by atoms with Gasteiger partial charge in [-0.05, 0) is 19.4 Å². The molecule has 2 amide bonds. The SMILES string of the molecule is CC(C)(COCc1ccccc1)NC(=O)NCCCl. The van der Waals surface area contributed by atoms with E-state index in [1.165, 1.54) is 0 Å². The molecule has 5 heteroatoms. The van der Waals surface area contributed by atoms with Crippen molar-refractivity contribution in [3.8, 4) is 0 Å². The topological polar surface area (TPSA) is 50.4 Å². The summed E-state index contributed by atoms with van der Waals surface area (Å²) in [5, 5.41) is 5.50. The number of carbonyl (C=O) groups excluding carboxylic acids is 1. The maximum atomic E-state index is 11.5. The number of carbonyl (C=O) groups is 1. The van der Waals surface area contributed by atoms with Crippen LogP contribution >= 0.6 is 11.6 Å². The molecule has 0 fully saturated rings. The predicted octanol–water partition coefficient (Wildman–Crippen LogP) is 2.52. The summed E-state index contributed by atoms with van der Waals surface area (Å²) in [6, 6.07) is 9.70. The first-order valence-corrected chi connectivity index (χ1v) is 6.80. The summed E-state index contributed by atoms with van der Waals surface area (Å²) in [4.78, 5) is 11.5. The smallest absolute Gasteiger partial charge is 0.315 e. The average molecular weight is 285 g/mol. The Balaban J connectivity index is 2.28. The van der Waals surface area contributed by atoms with Crippen LogP contribution in [0.2, 0.25) is 0 Å². The number of rotatable bonds is 7. The quantitative estimate of drug-likeness (QED) is 0.756. The zero-order valence-corrected chi connectivity index (χ0v) is 12.2. The van der Waals surface area contributed by atoms with E-state index in [-0.39, 0.29) is 6.03 Å². The Kier molecular flexibility index (Phi) is 6.67. The first-order valence-electron chi connectivity index (χ1n) is 6.27. The molecular weight excluding hydrogens is 264 g/mol. The molecule has 1 aromatic rings. The molecule has 2 N–H and O–H groups in total. The second kappa shape index (κ2) is 8.02. The number of hydrogen-bond acceptors (Lipinski definition) is 2. The Morgan fingerprint density at radius 2 is 2.00 bits per heavy atom. The molecule has 0 aliphatic rings. The lowest BCUT2D eigenvalue weighted by molar-refractivity contribution is 0.0744. The van der Waals surface area contributed by atoms with Gasteiger partial charge in [0.25, 0.3) is 0 Å². The normalized spacial score (nSPS) is 11.1. The van der Waals surface area contributed by atoms with Crippen molar-refractivity contribution in [1.82, 2.24) is 10.6 Å². The first kappa shape index (κ1) is 15.8. The van der Waals surface area contributed by atoms with Gasteiger partial charge in [0, 0.05) is 12.4 Å². The van der Waals surface area contributed by atoms with Crippen LogP contribution in [0.25, 0.3) is 0 Å². The lowest BCUT2D eigenvalue weighted by Gasteiger charge is -2.26. The van der Waals surface area contributed by atoms with E-state index < -0.39 is 5.54 Å². The van der Waals surface area contributed by atoms with E-state index in [1.807, 2.05) is 44.2 Å². The summed E-state index contributed by atoms with van der Waals surface area (Å²) in [5.74, 6) is 0.401. The third-order valence-corrected chi connectivity index (χ3v) is 2.60. The van der Waals surface area contributed by atoms with Crippen LogP contribution in [-0.4, -0.2) is 30.6 Å². The second-order valence-electron chi connectivity index (χ2n) is 4.93. The van der Waals surface area contributed by atoms with Gasteiger partial charge in [-0.15, -0.1) is 11.6 Å². The number of nitrogens with one attached hydrogen (secondary N) is 2. The molecule has 0 aliphatic heterocycles. The van der Waals surface area contributed by atoms with E-state index in [0.29, 0.717) is 25.6 Å². The number of benzene rings is 1. The summed E-state index contributed by atoms with van der Waals surface area (Å²) in [7, 11) is 0. The molecule has 1 aromatic carbocycles. The van der Waals surface area contributed by atoms with E-state index in [1.54, 1.807) is 0 Å². The number of alkyl halides is 1. The van der Waals surface area contributed by atoms with Crippen LogP contribution in [0.15, 0.2) is 30.3 Å². The van der Waals surface area contributed by atoms with Crippen molar-refractivity contribution >= 4 is 17.6 Å². The van der Waals surface area contributed by atoms with Crippen molar-refractivity contribution in [2.45, 2.75) is 26.0 Å². The van der Waals surface area contributed by atoms with Crippen LogP contribution in [0.3, 0.4) is 0 Å². The Hall–Kier alpha value is -1.26. The van der Waals surface area contributed by atoms with E-state index in [2.05, 4.69) is 10.6 Å². The number of urea groups is 1. The zero-order valence-electron chi connectivity index (χ0n) is 11.4. The highest BCUT2D eigenvalue weighted by Crippen LogP contribution is 2.06. The van der Waals surface area contributed by atoms with Crippen LogP contribution in [0.4, 0.5) is 4.79 Å². The molecule has 0 aliphatic carbocycles. The molecule has 106 valence electrons. The number of amides is 2. The second-order valence-corrected chi connectivity index (χ2v) is 5.31. The van der Waals surface area contributed by atoms with Crippen LogP contribution in [-0.2, 0) is 11.3 Å². The summed E-state index contributed by atoms with van der Waals surface area (Å²) >= 11 is 5.50. The van der Waals surface area contributed by atoms with Gasteiger partial charge in [-0.2, -0.15) is 0 Å². The number of ether oxygens (including phenoxy) is 1. The zero-order chi connectivity index (χ0) is 14.1. The average Bonchev–Trinajstić information content (AvgIpc) is 2.37. The monoisotopic (exact) mass is 284 g/mol. The molecule has 0 heterocycles. The van der Waals surface area contributed by atoms with Gasteiger partial charge in [0.1, 0.15) is 0 Å². The number of halogens is 1. The van der Waals surface area contributed by atoms with Gasteiger partial charge in [0.2, 0.25) is 0 Å². The Labute approximate surface area is 119 Å². The fourth-order valence-electron chi connectivity index (χ4n) is 1.55. The van der Waals surface area contributed by atoms with Crippen LogP contribution in [0.1, 0.15) is 19.4 Å². The Bertz CT molecular complexity index is 382. The van der Waals surface area contributed by atoms with E-state index in [0.717, 1.165) is 5.56 Å². The van der Waals surface area contributed by atoms with Gasteiger partial charge in [-0.25, -0.2) is 4.79 Å². The van der Waals surface area contributed by atoms with Crippen molar-refractivity contribution in [2.24, 2.45) is 0 Å². The highest BCUT2D eigenvalue weighted by atomic mass is 35.5. The summed E-state index contributed by atoms with van der Waals surface area (Å²) in [6.45, 7) is 5.26. The standard InChI is InChI=1S/C14H21ClN2O2/c1-14(2,17-13(18)16-9-8-15)11-19-10-12-6-4-3-5-7-12/h3-7H,8-11H2,1-2H3,(H2,16,17,18). The van der Waals surface area contributed by atoms with Crippen LogP contribution in [0.5, 0.6) is 0 Å². The van der Waals surface area contributed by atoms with Gasteiger partial charge >= 0.3 is 6.03 Å². The molecule has 19 heavy (non-hydrogen) atoms. The predicted molar refractivity (Wildman–Crippen MR) is 77.4 cm³/mol. The van der Waals surface area contributed by atoms with Gasteiger partial charge in [0.05, 0.1) is 18.8 Å². The first-order chi connectivity index (χ1) is 9.03. The van der Waals surface area contributed by atoms with Crippen molar-refractivity contribution in [3.05, 3.63) is 35.9 Å². The molecule has 0 saturated heterocycles. The highest BCUT2D eigenvalue weighted by Gasteiger charge is 2.20. The molecule has 0 unspecified atom stereocenters. The molecule has 0 bridgehead atoms. The fraction of sp³-hybridized carbons (Fsp3) is 0.500. The minimum absolute atomic E-state index is 0.228. The van der Waals surface area contributed by atoms with Crippen LogP contribution in [0, 0.1) is 0 Å².